The third-order valence-electron chi connectivity index (χ3n) is 3.20. The molecule has 1 aromatic rings. The Kier molecular flexibility index (Phi) is 4.14. The number of nitrogens with one attached hydrogen (secondary N) is 2. The fourth-order valence-corrected chi connectivity index (χ4v) is 2.18. The first kappa shape index (κ1) is 14.2. The Bertz CT molecular complexity index is 544. The lowest BCUT2D eigenvalue weighted by molar-refractivity contribution is -0.384. The molecule has 1 aliphatic rings. The number of amides is 1. The Hall–Kier alpha value is -2.22. The second-order valence-electron chi connectivity index (χ2n) is 4.66. The highest BCUT2D eigenvalue weighted by Crippen LogP contribution is 2.26. The van der Waals surface area contributed by atoms with Gasteiger partial charge in [-0.1, -0.05) is 0 Å². The van der Waals surface area contributed by atoms with Gasteiger partial charge in [0.25, 0.3) is 11.6 Å². The standard InChI is InChI=1S/C12H15FN4O3/c13-7-4-9(11(14)10(5-7)17(19)20)12(18)16-8-2-1-3-15-6-8/h4-5,8,15H,1-3,6,14H2,(H,16,18)/t8-/m0/s1. The number of carbonyl (C=O) groups excluding carboxylic acids is 1. The summed E-state index contributed by atoms with van der Waals surface area (Å²) in [6.07, 6.45) is 1.72. The molecule has 7 nitrogen and oxygen atoms in total. The van der Waals surface area contributed by atoms with Gasteiger partial charge in [0.15, 0.2) is 0 Å². The van der Waals surface area contributed by atoms with Crippen LogP contribution in [-0.4, -0.2) is 30.0 Å². The molecule has 108 valence electrons. The zero-order chi connectivity index (χ0) is 14.7. The first-order chi connectivity index (χ1) is 9.49. The van der Waals surface area contributed by atoms with Crippen LogP contribution in [0.4, 0.5) is 15.8 Å². The number of benzene rings is 1. The molecule has 0 aliphatic carbocycles. The molecule has 1 aromatic carbocycles. The Morgan fingerprint density at radius 2 is 2.30 bits per heavy atom. The average molecular weight is 282 g/mol. The Balaban J connectivity index is 2.22. The van der Waals surface area contributed by atoms with Crippen LogP contribution in [-0.2, 0) is 0 Å². The third kappa shape index (κ3) is 3.02. The molecule has 0 unspecified atom stereocenters. The lowest BCUT2D eigenvalue weighted by Gasteiger charge is -2.24. The summed E-state index contributed by atoms with van der Waals surface area (Å²) in [6, 6.07) is 1.53. The molecule has 1 amide bonds. The molecule has 0 saturated carbocycles. The van der Waals surface area contributed by atoms with Crippen molar-refractivity contribution in [3.63, 3.8) is 0 Å². The van der Waals surface area contributed by atoms with Crippen molar-refractivity contribution in [2.45, 2.75) is 18.9 Å². The number of nitro benzene ring substituents is 1. The van der Waals surface area contributed by atoms with Crippen LogP contribution in [0.25, 0.3) is 0 Å². The molecule has 8 heteroatoms. The average Bonchev–Trinajstić information content (AvgIpc) is 2.41. The maximum Gasteiger partial charge on any atom is 0.295 e. The maximum atomic E-state index is 13.4. The minimum absolute atomic E-state index is 0.0852. The lowest BCUT2D eigenvalue weighted by Crippen LogP contribution is -2.45. The number of hydrogen-bond donors (Lipinski definition) is 3. The van der Waals surface area contributed by atoms with Gasteiger partial charge in [-0.2, -0.15) is 0 Å². The van der Waals surface area contributed by atoms with Crippen LogP contribution in [0.5, 0.6) is 0 Å². The number of nitrogen functional groups attached to an aromatic ring is 1. The summed E-state index contributed by atoms with van der Waals surface area (Å²) < 4.78 is 13.4. The van der Waals surface area contributed by atoms with Crippen molar-refractivity contribution in [3.8, 4) is 0 Å². The van der Waals surface area contributed by atoms with Gasteiger partial charge < -0.3 is 16.4 Å². The molecular weight excluding hydrogens is 267 g/mol. The van der Waals surface area contributed by atoms with Crippen LogP contribution in [0, 0.1) is 15.9 Å². The van der Waals surface area contributed by atoms with Gasteiger partial charge >= 0.3 is 0 Å². The Labute approximate surface area is 114 Å². The third-order valence-corrected chi connectivity index (χ3v) is 3.20. The van der Waals surface area contributed by atoms with Crippen molar-refractivity contribution < 1.29 is 14.1 Å². The molecule has 0 aromatic heterocycles. The largest absolute Gasteiger partial charge is 0.393 e. The summed E-state index contributed by atoms with van der Waals surface area (Å²) in [5, 5.41) is 16.6. The van der Waals surface area contributed by atoms with E-state index in [1.165, 1.54) is 0 Å². The topological polar surface area (TPSA) is 110 Å². The van der Waals surface area contributed by atoms with Gasteiger partial charge in [-0.05, 0) is 25.5 Å². The number of hydrogen-bond acceptors (Lipinski definition) is 5. The molecule has 1 aliphatic heterocycles. The van der Waals surface area contributed by atoms with E-state index in [9.17, 15) is 19.3 Å². The van der Waals surface area contributed by atoms with Crippen LogP contribution in [0.1, 0.15) is 23.2 Å². The molecule has 4 N–H and O–H groups in total. The van der Waals surface area contributed by atoms with Crippen molar-refractivity contribution in [1.82, 2.24) is 10.6 Å². The van der Waals surface area contributed by atoms with Crippen molar-refractivity contribution >= 4 is 17.3 Å². The summed E-state index contributed by atoms with van der Waals surface area (Å²) in [5.74, 6) is -1.46. The van der Waals surface area contributed by atoms with E-state index >= 15 is 0 Å². The van der Waals surface area contributed by atoms with Crippen molar-refractivity contribution in [3.05, 3.63) is 33.6 Å². The highest BCUT2D eigenvalue weighted by molar-refractivity contribution is 6.01. The monoisotopic (exact) mass is 282 g/mol. The number of halogens is 1. The summed E-state index contributed by atoms with van der Waals surface area (Å²) >= 11 is 0. The number of carbonyl (C=O) groups is 1. The number of nitrogens with two attached hydrogens (primary N) is 1. The Morgan fingerprint density at radius 1 is 1.55 bits per heavy atom. The number of rotatable bonds is 3. The predicted octanol–water partition coefficient (Wildman–Crippen LogP) is 0.798. The van der Waals surface area contributed by atoms with Crippen molar-refractivity contribution in [2.75, 3.05) is 18.8 Å². The molecule has 0 bridgehead atoms. The minimum atomic E-state index is -0.863. The lowest BCUT2D eigenvalue weighted by atomic mass is 10.1. The fraction of sp³-hybridized carbons (Fsp3) is 0.417. The summed E-state index contributed by atoms with van der Waals surface area (Å²) in [6.45, 7) is 1.50. The van der Waals surface area contributed by atoms with Gasteiger partial charge in [0.1, 0.15) is 11.5 Å². The maximum absolute atomic E-state index is 13.4. The second-order valence-corrected chi connectivity index (χ2v) is 4.66. The SMILES string of the molecule is Nc1c(C(=O)N[C@H]2CCCNC2)cc(F)cc1[N+](=O)[O-]. The molecule has 1 heterocycles. The highest BCUT2D eigenvalue weighted by Gasteiger charge is 2.23. The van der Waals surface area contributed by atoms with Gasteiger partial charge in [0.05, 0.1) is 16.6 Å². The van der Waals surface area contributed by atoms with E-state index in [0.29, 0.717) is 12.6 Å². The summed E-state index contributed by atoms with van der Waals surface area (Å²) in [4.78, 5) is 22.0. The second kappa shape index (κ2) is 5.83. The van der Waals surface area contributed by atoms with E-state index in [1.807, 2.05) is 0 Å². The predicted molar refractivity (Wildman–Crippen MR) is 70.8 cm³/mol. The zero-order valence-electron chi connectivity index (χ0n) is 10.7. The molecule has 0 radical (unpaired) electrons. The molecule has 20 heavy (non-hydrogen) atoms. The normalized spacial score (nSPS) is 18.6. The summed E-state index contributed by atoms with van der Waals surface area (Å²) in [7, 11) is 0. The quantitative estimate of drug-likeness (QED) is 0.431. The van der Waals surface area contributed by atoms with Crippen LogP contribution < -0.4 is 16.4 Å². The van der Waals surface area contributed by atoms with Crippen molar-refractivity contribution in [2.24, 2.45) is 0 Å². The van der Waals surface area contributed by atoms with E-state index in [4.69, 9.17) is 5.73 Å². The van der Waals surface area contributed by atoms with Gasteiger partial charge in [-0.15, -0.1) is 0 Å². The number of anilines is 1. The zero-order valence-corrected chi connectivity index (χ0v) is 10.7. The van der Waals surface area contributed by atoms with E-state index in [0.717, 1.165) is 25.5 Å². The van der Waals surface area contributed by atoms with Crippen LogP contribution >= 0.6 is 0 Å². The molecular formula is C12H15FN4O3. The molecule has 1 fully saturated rings. The van der Waals surface area contributed by atoms with E-state index in [1.54, 1.807) is 0 Å². The smallest absolute Gasteiger partial charge is 0.295 e. The highest BCUT2D eigenvalue weighted by atomic mass is 19.1. The van der Waals surface area contributed by atoms with E-state index < -0.39 is 22.3 Å². The van der Waals surface area contributed by atoms with Gasteiger partial charge in [0.2, 0.25) is 0 Å². The number of nitro groups is 1. The molecule has 1 atom stereocenters. The van der Waals surface area contributed by atoms with E-state index in [2.05, 4.69) is 10.6 Å². The van der Waals surface area contributed by atoms with Crippen molar-refractivity contribution in [1.29, 1.82) is 0 Å². The first-order valence-electron chi connectivity index (χ1n) is 6.24. The van der Waals surface area contributed by atoms with Crippen LogP contribution in [0.15, 0.2) is 12.1 Å². The van der Waals surface area contributed by atoms with E-state index in [-0.39, 0.29) is 17.3 Å². The minimum Gasteiger partial charge on any atom is -0.393 e. The molecule has 2 rings (SSSR count). The first-order valence-corrected chi connectivity index (χ1v) is 6.24. The molecule has 1 saturated heterocycles. The number of nitrogens with zero attached hydrogens (tertiary/aromatic N) is 1. The molecule has 0 spiro atoms. The van der Waals surface area contributed by atoms with Gasteiger partial charge in [-0.3, -0.25) is 14.9 Å². The fourth-order valence-electron chi connectivity index (χ4n) is 2.18. The number of piperidine rings is 1. The Morgan fingerprint density at radius 3 is 2.90 bits per heavy atom. The van der Waals surface area contributed by atoms with Gasteiger partial charge in [0, 0.05) is 12.6 Å². The van der Waals surface area contributed by atoms with Gasteiger partial charge in [-0.25, -0.2) is 4.39 Å². The summed E-state index contributed by atoms with van der Waals surface area (Å²) in [5.41, 5.74) is 4.45. The van der Waals surface area contributed by atoms with Crippen LogP contribution in [0.3, 0.4) is 0 Å². The van der Waals surface area contributed by atoms with Crippen LogP contribution in [0.2, 0.25) is 0 Å².